The molecule has 1 N–H and O–H groups in total. The van der Waals surface area contributed by atoms with Gasteiger partial charge in [-0.15, -0.1) is 11.3 Å². The minimum atomic E-state index is 0.502. The van der Waals surface area contributed by atoms with Crippen molar-refractivity contribution in [2.24, 2.45) is 0 Å². The lowest BCUT2D eigenvalue weighted by atomic mass is 10.3. The molecule has 0 aliphatic rings. The molecule has 0 spiro atoms. The number of nitriles is 1. The molecule has 3 aromatic heterocycles. The number of nitrogens with one attached hydrogen (secondary N) is 1. The van der Waals surface area contributed by atoms with Crippen molar-refractivity contribution in [3.05, 3.63) is 41.3 Å². The summed E-state index contributed by atoms with van der Waals surface area (Å²) in [6.45, 7) is 3.36. The van der Waals surface area contributed by atoms with E-state index in [0.717, 1.165) is 22.6 Å². The average molecular weight is 283 g/mol. The summed E-state index contributed by atoms with van der Waals surface area (Å²) in [4.78, 5) is 10.1. The quantitative estimate of drug-likeness (QED) is 0.799. The molecule has 0 saturated carbocycles. The van der Waals surface area contributed by atoms with Gasteiger partial charge in [-0.2, -0.15) is 5.26 Å². The van der Waals surface area contributed by atoms with E-state index >= 15 is 0 Å². The molecule has 0 aliphatic heterocycles. The van der Waals surface area contributed by atoms with Crippen molar-refractivity contribution >= 4 is 27.4 Å². The zero-order valence-corrected chi connectivity index (χ0v) is 11.8. The van der Waals surface area contributed by atoms with Gasteiger partial charge in [0.05, 0.1) is 11.9 Å². The van der Waals surface area contributed by atoms with Crippen molar-refractivity contribution in [3.8, 4) is 6.07 Å². The molecule has 0 atom stereocenters. The highest BCUT2D eigenvalue weighted by molar-refractivity contribution is 7.16. The number of rotatable bonds is 4. The van der Waals surface area contributed by atoms with E-state index in [-0.39, 0.29) is 0 Å². The maximum Gasteiger partial charge on any atom is 0.152 e. The fourth-order valence-electron chi connectivity index (χ4n) is 2.08. The Labute approximate surface area is 120 Å². The predicted molar refractivity (Wildman–Crippen MR) is 79.8 cm³/mol. The number of hydrogen-bond donors (Lipinski definition) is 1. The van der Waals surface area contributed by atoms with Gasteiger partial charge in [-0.3, -0.25) is 0 Å². The molecule has 0 unspecified atom stereocenters. The second-order valence-corrected chi connectivity index (χ2v) is 5.19. The molecule has 100 valence electrons. The largest absolute Gasteiger partial charge is 0.370 e. The first-order valence-electron chi connectivity index (χ1n) is 6.35. The van der Waals surface area contributed by atoms with Crippen LogP contribution >= 0.6 is 11.3 Å². The second kappa shape index (κ2) is 5.31. The third-order valence-electron chi connectivity index (χ3n) is 2.97. The Balaban J connectivity index is 2.01. The molecular weight excluding hydrogens is 270 g/mol. The summed E-state index contributed by atoms with van der Waals surface area (Å²) in [6, 6.07) is 7.83. The number of fused-ring (bicyclic) bond motifs is 1. The van der Waals surface area contributed by atoms with Crippen LogP contribution in [0.3, 0.4) is 0 Å². The molecule has 3 rings (SSSR count). The normalized spacial score (nSPS) is 10.6. The predicted octanol–water partition coefficient (Wildman–Crippen LogP) is 2.84. The van der Waals surface area contributed by atoms with Gasteiger partial charge >= 0.3 is 0 Å². The van der Waals surface area contributed by atoms with E-state index in [1.54, 1.807) is 17.4 Å². The maximum absolute atomic E-state index is 9.04. The van der Waals surface area contributed by atoms with Crippen LogP contribution in [0.5, 0.6) is 0 Å². The van der Waals surface area contributed by atoms with Gasteiger partial charge in [0.25, 0.3) is 0 Å². The standard InChI is InChI=1S/C14H13N5S/c1-2-16-13-11-5-7-20-14(11)18-12(17-13)9-19-6-3-4-10(19)8-15/h3-7H,2,9H2,1H3,(H,16,17,18). The Hall–Kier alpha value is -2.39. The highest BCUT2D eigenvalue weighted by Crippen LogP contribution is 2.25. The van der Waals surface area contributed by atoms with E-state index in [9.17, 15) is 0 Å². The van der Waals surface area contributed by atoms with Crippen LogP contribution in [0.2, 0.25) is 0 Å². The molecule has 20 heavy (non-hydrogen) atoms. The Morgan fingerprint density at radius 1 is 1.40 bits per heavy atom. The van der Waals surface area contributed by atoms with Crippen molar-refractivity contribution in [2.75, 3.05) is 11.9 Å². The van der Waals surface area contributed by atoms with Crippen LogP contribution in [-0.2, 0) is 6.54 Å². The van der Waals surface area contributed by atoms with Gasteiger partial charge in [-0.1, -0.05) is 0 Å². The summed E-state index contributed by atoms with van der Waals surface area (Å²) in [5.41, 5.74) is 0.616. The number of aromatic nitrogens is 3. The fraction of sp³-hybridized carbons (Fsp3) is 0.214. The van der Waals surface area contributed by atoms with Crippen LogP contribution in [0.15, 0.2) is 29.8 Å². The van der Waals surface area contributed by atoms with E-state index < -0.39 is 0 Å². The van der Waals surface area contributed by atoms with Gasteiger partial charge < -0.3 is 9.88 Å². The lowest BCUT2D eigenvalue weighted by molar-refractivity contribution is 0.746. The molecule has 0 radical (unpaired) electrons. The summed E-state index contributed by atoms with van der Waals surface area (Å²) in [5, 5.41) is 15.4. The van der Waals surface area contributed by atoms with Gasteiger partial charge in [0.2, 0.25) is 0 Å². The minimum absolute atomic E-state index is 0.502. The maximum atomic E-state index is 9.04. The van der Waals surface area contributed by atoms with Crippen LogP contribution in [0.25, 0.3) is 10.2 Å². The van der Waals surface area contributed by atoms with Gasteiger partial charge in [0.1, 0.15) is 22.4 Å². The monoisotopic (exact) mass is 283 g/mol. The van der Waals surface area contributed by atoms with Gasteiger partial charge in [0.15, 0.2) is 5.82 Å². The summed E-state index contributed by atoms with van der Waals surface area (Å²) in [6.07, 6.45) is 1.87. The molecule has 0 fully saturated rings. The van der Waals surface area contributed by atoms with Crippen LogP contribution in [0.1, 0.15) is 18.4 Å². The van der Waals surface area contributed by atoms with Crippen LogP contribution in [0, 0.1) is 11.3 Å². The molecule has 3 aromatic rings. The van der Waals surface area contributed by atoms with Gasteiger partial charge in [-0.25, -0.2) is 9.97 Å². The number of hydrogen-bond acceptors (Lipinski definition) is 5. The SMILES string of the molecule is CCNc1nc(Cn2cccc2C#N)nc2sccc12. The van der Waals surface area contributed by atoms with E-state index in [1.807, 2.05) is 35.2 Å². The van der Waals surface area contributed by atoms with Gasteiger partial charge in [0, 0.05) is 12.7 Å². The first kappa shape index (κ1) is 12.6. The number of nitrogens with zero attached hydrogens (tertiary/aromatic N) is 4. The molecule has 0 aromatic carbocycles. The molecule has 0 bridgehead atoms. The van der Waals surface area contributed by atoms with Crippen LogP contribution in [0.4, 0.5) is 5.82 Å². The lowest BCUT2D eigenvalue weighted by Gasteiger charge is -2.08. The van der Waals surface area contributed by atoms with E-state index in [2.05, 4.69) is 21.4 Å². The van der Waals surface area contributed by atoms with E-state index in [1.165, 1.54) is 0 Å². The fourth-order valence-corrected chi connectivity index (χ4v) is 2.86. The number of thiophene rings is 1. The van der Waals surface area contributed by atoms with Gasteiger partial charge in [-0.05, 0) is 30.5 Å². The first-order valence-corrected chi connectivity index (χ1v) is 7.23. The van der Waals surface area contributed by atoms with E-state index in [0.29, 0.717) is 18.1 Å². The Morgan fingerprint density at radius 3 is 3.10 bits per heavy atom. The average Bonchev–Trinajstić information content (AvgIpc) is 3.07. The molecule has 0 saturated heterocycles. The molecule has 5 nitrogen and oxygen atoms in total. The van der Waals surface area contributed by atoms with Crippen LogP contribution < -0.4 is 5.32 Å². The third-order valence-corrected chi connectivity index (χ3v) is 3.78. The Bertz CT molecular complexity index is 780. The van der Waals surface area contributed by atoms with E-state index in [4.69, 9.17) is 5.26 Å². The minimum Gasteiger partial charge on any atom is -0.370 e. The molecule has 6 heteroatoms. The summed E-state index contributed by atoms with van der Waals surface area (Å²) in [5.74, 6) is 1.57. The Kier molecular flexibility index (Phi) is 3.35. The molecule has 0 aliphatic carbocycles. The summed E-state index contributed by atoms with van der Waals surface area (Å²) >= 11 is 1.60. The van der Waals surface area contributed by atoms with Crippen molar-refractivity contribution < 1.29 is 0 Å². The first-order chi connectivity index (χ1) is 9.81. The van der Waals surface area contributed by atoms with Crippen molar-refractivity contribution in [3.63, 3.8) is 0 Å². The molecule has 0 amide bonds. The van der Waals surface area contributed by atoms with Crippen LogP contribution in [-0.4, -0.2) is 21.1 Å². The van der Waals surface area contributed by atoms with Crippen molar-refractivity contribution in [1.29, 1.82) is 5.26 Å². The Morgan fingerprint density at radius 2 is 2.30 bits per heavy atom. The zero-order chi connectivity index (χ0) is 13.9. The second-order valence-electron chi connectivity index (χ2n) is 4.29. The van der Waals surface area contributed by atoms with Crippen molar-refractivity contribution in [2.45, 2.75) is 13.5 Å². The lowest BCUT2D eigenvalue weighted by Crippen LogP contribution is -2.08. The highest BCUT2D eigenvalue weighted by Gasteiger charge is 2.09. The molecule has 3 heterocycles. The topological polar surface area (TPSA) is 66.5 Å². The summed E-state index contributed by atoms with van der Waals surface area (Å²) in [7, 11) is 0. The third kappa shape index (κ3) is 2.24. The smallest absolute Gasteiger partial charge is 0.152 e. The highest BCUT2D eigenvalue weighted by atomic mass is 32.1. The number of anilines is 1. The van der Waals surface area contributed by atoms with Crippen molar-refractivity contribution in [1.82, 2.24) is 14.5 Å². The summed E-state index contributed by atoms with van der Waals surface area (Å²) < 4.78 is 1.85. The molecular formula is C14H13N5S. The zero-order valence-electron chi connectivity index (χ0n) is 11.0.